The van der Waals surface area contributed by atoms with Gasteiger partial charge in [0.25, 0.3) is 0 Å². The van der Waals surface area contributed by atoms with E-state index in [2.05, 4.69) is 5.32 Å². The molecule has 2 aromatic rings. The lowest BCUT2D eigenvalue weighted by atomic mass is 10.3. The van der Waals surface area contributed by atoms with Crippen molar-refractivity contribution in [2.24, 2.45) is 0 Å². The summed E-state index contributed by atoms with van der Waals surface area (Å²) in [6.07, 6.45) is 4.45. The molecule has 1 heterocycles. The van der Waals surface area contributed by atoms with Crippen LogP contribution in [0.4, 0.5) is 5.69 Å². The third-order valence-corrected chi connectivity index (χ3v) is 2.97. The Bertz CT molecular complexity index is 577. The standard InChI is InChI=1S/C13H9Cl2NO2/c14-10-4-1-5-11(13(10)15)16-12(17)7-6-9-3-2-8-18-9/h1-8H,(H,16,17). The second kappa shape index (κ2) is 5.76. The maximum absolute atomic E-state index is 11.6. The van der Waals surface area contributed by atoms with Crippen LogP contribution in [0.25, 0.3) is 6.08 Å². The first-order chi connectivity index (χ1) is 8.66. The van der Waals surface area contributed by atoms with Gasteiger partial charge in [0, 0.05) is 6.08 Å². The number of carbonyl (C=O) groups is 1. The van der Waals surface area contributed by atoms with Crippen molar-refractivity contribution in [2.45, 2.75) is 0 Å². The summed E-state index contributed by atoms with van der Waals surface area (Å²) in [6.45, 7) is 0. The molecule has 2 rings (SSSR count). The molecule has 0 bridgehead atoms. The largest absolute Gasteiger partial charge is 0.465 e. The third-order valence-electron chi connectivity index (χ3n) is 2.15. The number of nitrogens with one attached hydrogen (secondary N) is 1. The molecule has 0 fully saturated rings. The molecule has 1 amide bonds. The molecule has 0 aliphatic rings. The maximum atomic E-state index is 11.6. The monoisotopic (exact) mass is 281 g/mol. The molecule has 0 saturated carbocycles. The van der Waals surface area contributed by atoms with Crippen molar-refractivity contribution >= 4 is 40.9 Å². The molecule has 18 heavy (non-hydrogen) atoms. The Morgan fingerprint density at radius 3 is 2.78 bits per heavy atom. The van der Waals surface area contributed by atoms with E-state index < -0.39 is 0 Å². The van der Waals surface area contributed by atoms with Crippen LogP contribution >= 0.6 is 23.2 Å². The Kier molecular flexibility index (Phi) is 4.07. The average molecular weight is 282 g/mol. The van der Waals surface area contributed by atoms with Crippen molar-refractivity contribution in [3.8, 4) is 0 Å². The number of anilines is 1. The first-order valence-corrected chi connectivity index (χ1v) is 5.89. The van der Waals surface area contributed by atoms with Crippen LogP contribution in [0.3, 0.4) is 0 Å². The summed E-state index contributed by atoms with van der Waals surface area (Å²) in [5, 5.41) is 3.34. The van der Waals surface area contributed by atoms with E-state index in [0.29, 0.717) is 21.5 Å². The molecule has 0 saturated heterocycles. The Labute approximate surface area is 114 Å². The zero-order chi connectivity index (χ0) is 13.0. The van der Waals surface area contributed by atoms with E-state index >= 15 is 0 Å². The van der Waals surface area contributed by atoms with E-state index in [1.807, 2.05) is 0 Å². The summed E-state index contributed by atoms with van der Waals surface area (Å²) in [5.74, 6) is 0.290. The van der Waals surface area contributed by atoms with Gasteiger partial charge in [0.1, 0.15) is 5.76 Å². The minimum Gasteiger partial charge on any atom is -0.465 e. The Morgan fingerprint density at radius 1 is 1.22 bits per heavy atom. The topological polar surface area (TPSA) is 42.2 Å². The van der Waals surface area contributed by atoms with Crippen molar-refractivity contribution in [1.29, 1.82) is 0 Å². The zero-order valence-corrected chi connectivity index (χ0v) is 10.7. The summed E-state index contributed by atoms with van der Waals surface area (Å²) in [6, 6.07) is 8.52. The number of halogens is 2. The lowest BCUT2D eigenvalue weighted by Gasteiger charge is -2.05. The van der Waals surface area contributed by atoms with Gasteiger partial charge in [-0.3, -0.25) is 4.79 Å². The quantitative estimate of drug-likeness (QED) is 0.855. The minimum atomic E-state index is -0.310. The van der Waals surface area contributed by atoms with Crippen molar-refractivity contribution in [3.63, 3.8) is 0 Å². The van der Waals surface area contributed by atoms with E-state index in [4.69, 9.17) is 27.6 Å². The van der Waals surface area contributed by atoms with Gasteiger partial charge >= 0.3 is 0 Å². The van der Waals surface area contributed by atoms with Crippen LogP contribution in [0.15, 0.2) is 47.1 Å². The summed E-state index contributed by atoms with van der Waals surface area (Å²) in [4.78, 5) is 11.6. The third kappa shape index (κ3) is 3.15. The van der Waals surface area contributed by atoms with Crippen LogP contribution in [-0.2, 0) is 4.79 Å². The Hall–Kier alpha value is -1.71. The highest BCUT2D eigenvalue weighted by Crippen LogP contribution is 2.29. The smallest absolute Gasteiger partial charge is 0.248 e. The SMILES string of the molecule is O=C(C=Cc1ccco1)Nc1cccc(Cl)c1Cl. The van der Waals surface area contributed by atoms with Crippen molar-refractivity contribution < 1.29 is 9.21 Å². The van der Waals surface area contributed by atoms with Crippen LogP contribution in [0.2, 0.25) is 10.0 Å². The molecule has 3 nitrogen and oxygen atoms in total. The molecule has 1 aromatic heterocycles. The van der Waals surface area contributed by atoms with Gasteiger partial charge in [-0.15, -0.1) is 0 Å². The molecular weight excluding hydrogens is 273 g/mol. The highest BCUT2D eigenvalue weighted by molar-refractivity contribution is 6.44. The van der Waals surface area contributed by atoms with Gasteiger partial charge in [-0.25, -0.2) is 0 Å². The second-order valence-corrected chi connectivity index (χ2v) is 4.22. The van der Waals surface area contributed by atoms with Crippen LogP contribution in [0, 0.1) is 0 Å². The fourth-order valence-corrected chi connectivity index (χ4v) is 1.67. The lowest BCUT2D eigenvalue weighted by Crippen LogP contribution is -2.08. The first kappa shape index (κ1) is 12.7. The van der Waals surface area contributed by atoms with Gasteiger partial charge < -0.3 is 9.73 Å². The molecular formula is C13H9Cl2NO2. The normalized spacial score (nSPS) is 10.8. The number of amides is 1. The molecule has 0 atom stereocenters. The van der Waals surface area contributed by atoms with Crippen LogP contribution in [-0.4, -0.2) is 5.91 Å². The maximum Gasteiger partial charge on any atom is 0.248 e. The molecule has 1 aromatic carbocycles. The molecule has 1 N–H and O–H groups in total. The van der Waals surface area contributed by atoms with Crippen molar-refractivity contribution in [3.05, 3.63) is 58.5 Å². The zero-order valence-electron chi connectivity index (χ0n) is 9.19. The van der Waals surface area contributed by atoms with E-state index in [0.717, 1.165) is 0 Å². The van der Waals surface area contributed by atoms with Gasteiger partial charge in [0.15, 0.2) is 0 Å². The fourth-order valence-electron chi connectivity index (χ4n) is 1.32. The molecule has 5 heteroatoms. The minimum absolute atomic E-state index is 0.310. The van der Waals surface area contributed by atoms with Crippen molar-refractivity contribution in [1.82, 2.24) is 0 Å². The second-order valence-electron chi connectivity index (χ2n) is 3.44. The van der Waals surface area contributed by atoms with Gasteiger partial charge in [0.05, 0.1) is 22.0 Å². The number of hydrogen-bond acceptors (Lipinski definition) is 2. The predicted molar refractivity (Wildman–Crippen MR) is 72.8 cm³/mol. The first-order valence-electron chi connectivity index (χ1n) is 5.13. The van der Waals surface area contributed by atoms with E-state index in [9.17, 15) is 4.79 Å². The number of carbonyl (C=O) groups excluding carboxylic acids is 1. The van der Waals surface area contributed by atoms with Gasteiger partial charge in [0.2, 0.25) is 5.91 Å². The van der Waals surface area contributed by atoms with Gasteiger partial charge in [-0.1, -0.05) is 29.3 Å². The number of furan rings is 1. The molecule has 0 unspecified atom stereocenters. The summed E-state index contributed by atoms with van der Waals surface area (Å²) in [5.41, 5.74) is 0.471. The van der Waals surface area contributed by atoms with E-state index in [1.54, 1.807) is 36.4 Å². The Balaban J connectivity index is 2.05. The van der Waals surface area contributed by atoms with Gasteiger partial charge in [-0.2, -0.15) is 0 Å². The van der Waals surface area contributed by atoms with Crippen LogP contribution in [0.5, 0.6) is 0 Å². The average Bonchev–Trinajstić information content (AvgIpc) is 2.86. The number of hydrogen-bond donors (Lipinski definition) is 1. The molecule has 0 aliphatic heterocycles. The van der Waals surface area contributed by atoms with Gasteiger partial charge in [-0.05, 0) is 30.3 Å². The fraction of sp³-hybridized carbons (Fsp3) is 0. The van der Waals surface area contributed by atoms with Crippen LogP contribution in [0.1, 0.15) is 5.76 Å². The number of rotatable bonds is 3. The van der Waals surface area contributed by atoms with E-state index in [-0.39, 0.29) is 5.91 Å². The molecule has 0 radical (unpaired) electrons. The molecule has 0 spiro atoms. The Morgan fingerprint density at radius 2 is 2.06 bits per heavy atom. The summed E-state index contributed by atoms with van der Waals surface area (Å²) in [7, 11) is 0. The van der Waals surface area contributed by atoms with E-state index in [1.165, 1.54) is 12.3 Å². The number of benzene rings is 1. The summed E-state index contributed by atoms with van der Waals surface area (Å²) < 4.78 is 5.06. The van der Waals surface area contributed by atoms with Crippen molar-refractivity contribution in [2.75, 3.05) is 5.32 Å². The highest BCUT2D eigenvalue weighted by Gasteiger charge is 2.06. The molecule has 92 valence electrons. The summed E-state index contributed by atoms with van der Waals surface area (Å²) >= 11 is 11.8. The van der Waals surface area contributed by atoms with Crippen LogP contribution < -0.4 is 5.32 Å². The molecule has 0 aliphatic carbocycles. The predicted octanol–water partition coefficient (Wildman–Crippen LogP) is 4.24. The highest BCUT2D eigenvalue weighted by atomic mass is 35.5. The lowest BCUT2D eigenvalue weighted by molar-refractivity contribution is -0.111.